The second-order valence-electron chi connectivity index (χ2n) is 4.71. The molecule has 1 amide bonds. The Hall–Kier alpha value is -2.26. The zero-order chi connectivity index (χ0) is 14.1. The second-order valence-corrected chi connectivity index (χ2v) is 5.14. The average Bonchev–Trinajstić information content (AvgIpc) is 2.81. The summed E-state index contributed by atoms with van der Waals surface area (Å²) in [5.74, 6) is -0.405. The normalized spacial score (nSPS) is 10.8. The van der Waals surface area contributed by atoms with E-state index in [4.69, 9.17) is 17.3 Å². The van der Waals surface area contributed by atoms with Gasteiger partial charge in [-0.15, -0.1) is 0 Å². The summed E-state index contributed by atoms with van der Waals surface area (Å²) in [4.78, 5) is 11.0. The molecule has 0 atom stereocenters. The number of carbonyl (C=O) groups excluding carboxylic acids is 1. The minimum Gasteiger partial charge on any atom is -0.366 e. The summed E-state index contributed by atoms with van der Waals surface area (Å²) in [6.07, 6.45) is 2.03. The van der Waals surface area contributed by atoms with Crippen molar-refractivity contribution < 1.29 is 4.79 Å². The van der Waals surface area contributed by atoms with Crippen molar-refractivity contribution >= 4 is 28.4 Å². The van der Waals surface area contributed by atoms with Gasteiger partial charge >= 0.3 is 0 Å². The Kier molecular flexibility index (Phi) is 3.20. The lowest BCUT2D eigenvalue weighted by molar-refractivity contribution is 0.100. The Morgan fingerprint density at radius 3 is 2.55 bits per heavy atom. The Morgan fingerprint density at radius 1 is 1.10 bits per heavy atom. The first kappa shape index (κ1) is 12.8. The highest BCUT2D eigenvalue weighted by molar-refractivity contribution is 6.31. The topological polar surface area (TPSA) is 48.0 Å². The average molecular weight is 285 g/mol. The molecule has 1 aromatic heterocycles. The van der Waals surface area contributed by atoms with Gasteiger partial charge in [-0.25, -0.2) is 0 Å². The molecule has 2 aromatic carbocycles. The fourth-order valence-corrected chi connectivity index (χ4v) is 2.46. The van der Waals surface area contributed by atoms with Crippen LogP contribution in [0.4, 0.5) is 0 Å². The molecule has 0 aliphatic carbocycles. The van der Waals surface area contributed by atoms with Gasteiger partial charge in [-0.05, 0) is 42.0 Å². The number of nitrogens with zero attached hydrogens (tertiary/aromatic N) is 1. The highest BCUT2D eigenvalue weighted by atomic mass is 35.5. The summed E-state index contributed by atoms with van der Waals surface area (Å²) in [6, 6.07) is 15.2. The van der Waals surface area contributed by atoms with Gasteiger partial charge in [0.15, 0.2) is 0 Å². The molecule has 3 aromatic rings. The van der Waals surface area contributed by atoms with Crippen LogP contribution in [0.1, 0.15) is 15.9 Å². The third-order valence-electron chi connectivity index (χ3n) is 3.32. The zero-order valence-electron chi connectivity index (χ0n) is 10.7. The van der Waals surface area contributed by atoms with Gasteiger partial charge in [0.1, 0.15) is 0 Å². The molecule has 3 rings (SSSR count). The molecule has 0 fully saturated rings. The standard InChI is InChI=1S/C16H13ClN2O/c17-14-5-6-15-13(9-14)7-8-19(15)10-11-1-3-12(4-2-11)16(18)20/h1-9H,10H2,(H2,18,20). The molecular weight excluding hydrogens is 272 g/mol. The van der Waals surface area contributed by atoms with Crippen LogP contribution in [-0.4, -0.2) is 10.5 Å². The van der Waals surface area contributed by atoms with Crippen molar-refractivity contribution in [3.8, 4) is 0 Å². The van der Waals surface area contributed by atoms with Crippen molar-refractivity contribution in [1.29, 1.82) is 0 Å². The first-order chi connectivity index (χ1) is 9.63. The first-order valence-electron chi connectivity index (χ1n) is 6.26. The molecule has 0 aliphatic rings. The van der Waals surface area contributed by atoms with Gasteiger partial charge in [-0.3, -0.25) is 4.79 Å². The fourth-order valence-electron chi connectivity index (χ4n) is 2.28. The summed E-state index contributed by atoms with van der Waals surface area (Å²) < 4.78 is 2.14. The van der Waals surface area contributed by atoms with Gasteiger partial charge in [-0.1, -0.05) is 23.7 Å². The molecule has 20 heavy (non-hydrogen) atoms. The molecule has 3 nitrogen and oxygen atoms in total. The monoisotopic (exact) mass is 284 g/mol. The minimum absolute atomic E-state index is 0.405. The number of carbonyl (C=O) groups is 1. The molecule has 0 spiro atoms. The van der Waals surface area contributed by atoms with E-state index in [9.17, 15) is 4.79 Å². The van der Waals surface area contributed by atoms with E-state index in [0.29, 0.717) is 5.56 Å². The van der Waals surface area contributed by atoms with Gasteiger partial charge in [0.2, 0.25) is 5.91 Å². The molecule has 0 aliphatic heterocycles. The predicted molar refractivity (Wildman–Crippen MR) is 81.0 cm³/mol. The van der Waals surface area contributed by atoms with Crippen molar-refractivity contribution in [2.75, 3.05) is 0 Å². The lowest BCUT2D eigenvalue weighted by Crippen LogP contribution is -2.10. The van der Waals surface area contributed by atoms with Crippen molar-refractivity contribution in [2.45, 2.75) is 6.54 Å². The van der Waals surface area contributed by atoms with Crippen LogP contribution in [0.5, 0.6) is 0 Å². The number of fused-ring (bicyclic) bond motifs is 1. The molecule has 0 unspecified atom stereocenters. The number of halogens is 1. The van der Waals surface area contributed by atoms with Gasteiger partial charge < -0.3 is 10.3 Å². The van der Waals surface area contributed by atoms with Crippen molar-refractivity contribution in [1.82, 2.24) is 4.57 Å². The minimum atomic E-state index is -0.405. The van der Waals surface area contributed by atoms with Crippen LogP contribution in [0.25, 0.3) is 10.9 Å². The molecule has 0 saturated carbocycles. The maximum atomic E-state index is 11.0. The smallest absolute Gasteiger partial charge is 0.248 e. The van der Waals surface area contributed by atoms with E-state index in [2.05, 4.69) is 4.57 Å². The fraction of sp³-hybridized carbons (Fsp3) is 0.0625. The van der Waals surface area contributed by atoms with Gasteiger partial charge in [-0.2, -0.15) is 0 Å². The largest absolute Gasteiger partial charge is 0.366 e. The van der Waals surface area contributed by atoms with Gasteiger partial charge in [0.25, 0.3) is 0 Å². The van der Waals surface area contributed by atoms with Crippen LogP contribution in [-0.2, 0) is 6.54 Å². The molecule has 1 heterocycles. The maximum absolute atomic E-state index is 11.0. The van der Waals surface area contributed by atoms with Crippen LogP contribution in [0, 0.1) is 0 Å². The molecule has 0 saturated heterocycles. The van der Waals surface area contributed by atoms with Gasteiger partial charge in [0.05, 0.1) is 0 Å². The number of primary amides is 1. The molecule has 2 N–H and O–H groups in total. The van der Waals surface area contributed by atoms with E-state index in [1.807, 2.05) is 42.6 Å². The molecule has 0 radical (unpaired) electrons. The van der Waals surface area contributed by atoms with E-state index in [-0.39, 0.29) is 0 Å². The van der Waals surface area contributed by atoms with E-state index >= 15 is 0 Å². The summed E-state index contributed by atoms with van der Waals surface area (Å²) in [5.41, 5.74) is 8.00. The van der Waals surface area contributed by atoms with E-state index in [0.717, 1.165) is 28.0 Å². The van der Waals surface area contributed by atoms with Gasteiger partial charge in [0, 0.05) is 34.2 Å². The number of hydrogen-bond acceptors (Lipinski definition) is 1. The van der Waals surface area contributed by atoms with Crippen LogP contribution in [0.2, 0.25) is 5.02 Å². The number of hydrogen-bond donors (Lipinski definition) is 1. The van der Waals surface area contributed by atoms with Crippen LogP contribution in [0.15, 0.2) is 54.7 Å². The van der Waals surface area contributed by atoms with Crippen LogP contribution < -0.4 is 5.73 Å². The zero-order valence-corrected chi connectivity index (χ0v) is 11.5. The number of nitrogens with two attached hydrogens (primary N) is 1. The number of amides is 1. The van der Waals surface area contributed by atoms with E-state index < -0.39 is 5.91 Å². The van der Waals surface area contributed by atoms with Crippen LogP contribution >= 0.6 is 11.6 Å². The summed E-state index contributed by atoms with van der Waals surface area (Å²) in [5, 5.41) is 1.85. The summed E-state index contributed by atoms with van der Waals surface area (Å²) in [6.45, 7) is 0.740. The predicted octanol–water partition coefficient (Wildman–Crippen LogP) is 3.44. The third kappa shape index (κ3) is 2.40. The summed E-state index contributed by atoms with van der Waals surface area (Å²) >= 11 is 5.98. The Morgan fingerprint density at radius 2 is 1.85 bits per heavy atom. The van der Waals surface area contributed by atoms with Crippen molar-refractivity contribution in [3.63, 3.8) is 0 Å². The quantitative estimate of drug-likeness (QED) is 0.787. The molecule has 0 bridgehead atoms. The highest BCUT2D eigenvalue weighted by Crippen LogP contribution is 2.21. The number of rotatable bonds is 3. The Bertz CT molecular complexity index is 775. The molecule has 4 heteroatoms. The Labute approximate surface area is 121 Å². The lowest BCUT2D eigenvalue weighted by Gasteiger charge is -2.06. The lowest BCUT2D eigenvalue weighted by atomic mass is 10.1. The highest BCUT2D eigenvalue weighted by Gasteiger charge is 2.04. The second kappa shape index (κ2) is 5.02. The third-order valence-corrected chi connectivity index (χ3v) is 3.56. The van der Waals surface area contributed by atoms with Crippen molar-refractivity contribution in [3.05, 3.63) is 70.9 Å². The van der Waals surface area contributed by atoms with Crippen molar-refractivity contribution in [2.24, 2.45) is 5.73 Å². The van der Waals surface area contributed by atoms with E-state index in [1.54, 1.807) is 12.1 Å². The first-order valence-corrected chi connectivity index (χ1v) is 6.64. The Balaban J connectivity index is 1.91. The molecule has 100 valence electrons. The van der Waals surface area contributed by atoms with Crippen LogP contribution in [0.3, 0.4) is 0 Å². The number of aromatic nitrogens is 1. The number of benzene rings is 2. The van der Waals surface area contributed by atoms with E-state index in [1.165, 1.54) is 0 Å². The summed E-state index contributed by atoms with van der Waals surface area (Å²) in [7, 11) is 0. The molecular formula is C16H13ClN2O. The SMILES string of the molecule is NC(=O)c1ccc(Cn2ccc3cc(Cl)ccc32)cc1. The maximum Gasteiger partial charge on any atom is 0.248 e.